The Labute approximate surface area is 87.0 Å². The van der Waals surface area contributed by atoms with E-state index in [0.29, 0.717) is 0 Å². The zero-order valence-corrected chi connectivity index (χ0v) is 8.82. The molecule has 0 atom stereocenters. The van der Waals surface area contributed by atoms with Gasteiger partial charge in [0.1, 0.15) is 0 Å². The highest BCUT2D eigenvalue weighted by Crippen LogP contribution is 2.02. The average Bonchev–Trinajstić information content (AvgIpc) is 2.25. The van der Waals surface area contributed by atoms with Crippen LogP contribution in [0.3, 0.4) is 0 Å². The Morgan fingerprint density at radius 3 is 2.50 bits per heavy atom. The van der Waals surface area contributed by atoms with Crippen LogP contribution < -0.4 is 0 Å². The van der Waals surface area contributed by atoms with Crippen molar-refractivity contribution in [3.63, 3.8) is 0 Å². The third-order valence-corrected chi connectivity index (χ3v) is 2.12. The molecular weight excluding hydrogens is 168 g/mol. The molecular formula is C14H18. The third-order valence-electron chi connectivity index (χ3n) is 2.12. The van der Waals surface area contributed by atoms with Gasteiger partial charge in [-0.2, -0.15) is 0 Å². The zero-order chi connectivity index (χ0) is 10.1. The molecule has 0 spiro atoms. The number of hydrogen-bond donors (Lipinski definition) is 0. The molecule has 0 saturated carbocycles. The molecule has 0 bridgehead atoms. The molecule has 0 N–H and O–H groups in total. The first-order valence-corrected chi connectivity index (χ1v) is 5.23. The van der Waals surface area contributed by atoms with E-state index in [1.165, 1.54) is 5.56 Å². The molecule has 0 unspecified atom stereocenters. The van der Waals surface area contributed by atoms with E-state index in [0.717, 1.165) is 19.3 Å². The van der Waals surface area contributed by atoms with Crippen LogP contribution in [0.4, 0.5) is 0 Å². The van der Waals surface area contributed by atoms with Crippen molar-refractivity contribution < 1.29 is 0 Å². The predicted octanol–water partition coefficient (Wildman–Crippen LogP) is 4.14. The fraction of sp³-hybridized carbons (Fsp3) is 0.286. The summed E-state index contributed by atoms with van der Waals surface area (Å²) >= 11 is 0. The topological polar surface area (TPSA) is 0 Å². The molecule has 0 heterocycles. The summed E-state index contributed by atoms with van der Waals surface area (Å²) in [7, 11) is 0. The monoisotopic (exact) mass is 186 g/mol. The summed E-state index contributed by atoms with van der Waals surface area (Å²) in [5, 5.41) is 0. The molecule has 0 radical (unpaired) electrons. The Hall–Kier alpha value is -1.30. The maximum Gasteiger partial charge on any atom is -0.0169 e. The number of hydrogen-bond acceptors (Lipinski definition) is 0. The van der Waals surface area contributed by atoms with Crippen LogP contribution in [0.25, 0.3) is 0 Å². The van der Waals surface area contributed by atoms with Crippen LogP contribution in [0, 0.1) is 0 Å². The van der Waals surface area contributed by atoms with E-state index >= 15 is 0 Å². The van der Waals surface area contributed by atoms with Gasteiger partial charge in [0.15, 0.2) is 0 Å². The van der Waals surface area contributed by atoms with E-state index in [9.17, 15) is 0 Å². The smallest absolute Gasteiger partial charge is 0.0169 e. The van der Waals surface area contributed by atoms with Crippen molar-refractivity contribution in [2.75, 3.05) is 0 Å². The first kappa shape index (κ1) is 10.8. The molecule has 14 heavy (non-hydrogen) atoms. The Morgan fingerprint density at radius 1 is 1.00 bits per heavy atom. The van der Waals surface area contributed by atoms with Crippen LogP contribution in [0.15, 0.2) is 54.6 Å². The van der Waals surface area contributed by atoms with Crippen LogP contribution in [0.5, 0.6) is 0 Å². The van der Waals surface area contributed by atoms with Gasteiger partial charge in [-0.3, -0.25) is 0 Å². The molecule has 1 aromatic carbocycles. The highest BCUT2D eigenvalue weighted by molar-refractivity contribution is 5.15. The minimum atomic E-state index is 1.06. The minimum Gasteiger partial charge on any atom is -0.0914 e. The summed E-state index contributed by atoms with van der Waals surface area (Å²) in [4.78, 5) is 0. The van der Waals surface area contributed by atoms with Gasteiger partial charge in [-0.05, 0) is 31.7 Å². The van der Waals surface area contributed by atoms with Crippen LogP contribution in [-0.4, -0.2) is 0 Å². The molecule has 0 amide bonds. The van der Waals surface area contributed by atoms with Crippen LogP contribution in [-0.2, 0) is 6.42 Å². The van der Waals surface area contributed by atoms with E-state index in [2.05, 4.69) is 61.6 Å². The first-order valence-electron chi connectivity index (χ1n) is 5.23. The third kappa shape index (κ3) is 4.66. The lowest BCUT2D eigenvalue weighted by atomic mass is 10.1. The van der Waals surface area contributed by atoms with Crippen molar-refractivity contribution in [2.24, 2.45) is 0 Å². The summed E-state index contributed by atoms with van der Waals surface area (Å²) in [6, 6.07) is 10.6. The van der Waals surface area contributed by atoms with Gasteiger partial charge in [0.05, 0.1) is 0 Å². The second-order valence-corrected chi connectivity index (χ2v) is 3.30. The Morgan fingerprint density at radius 2 is 1.79 bits per heavy atom. The molecule has 0 nitrogen and oxygen atoms in total. The van der Waals surface area contributed by atoms with Crippen LogP contribution in [0.2, 0.25) is 0 Å². The molecule has 0 aliphatic carbocycles. The fourth-order valence-electron chi connectivity index (χ4n) is 1.32. The maximum atomic E-state index is 2.26. The first-order chi connectivity index (χ1) is 6.93. The van der Waals surface area contributed by atoms with Crippen LogP contribution >= 0.6 is 0 Å². The van der Waals surface area contributed by atoms with Crippen molar-refractivity contribution in [2.45, 2.75) is 26.2 Å². The van der Waals surface area contributed by atoms with E-state index in [-0.39, 0.29) is 0 Å². The average molecular weight is 186 g/mol. The highest BCUT2D eigenvalue weighted by atomic mass is 13.9. The van der Waals surface area contributed by atoms with Crippen molar-refractivity contribution in [3.8, 4) is 0 Å². The second-order valence-electron chi connectivity index (χ2n) is 3.30. The summed E-state index contributed by atoms with van der Waals surface area (Å²) in [6.45, 7) is 2.05. The van der Waals surface area contributed by atoms with Crippen molar-refractivity contribution in [1.29, 1.82) is 0 Å². The van der Waals surface area contributed by atoms with Crippen LogP contribution in [0.1, 0.15) is 25.3 Å². The molecule has 1 aromatic rings. The number of aryl methyl sites for hydroxylation is 1. The van der Waals surface area contributed by atoms with Crippen molar-refractivity contribution >= 4 is 0 Å². The second kappa shape index (κ2) is 7.14. The highest BCUT2D eigenvalue weighted by Gasteiger charge is 1.87. The van der Waals surface area contributed by atoms with Crippen molar-refractivity contribution in [3.05, 3.63) is 60.2 Å². The molecule has 74 valence electrons. The number of benzene rings is 1. The maximum absolute atomic E-state index is 2.26. The normalized spacial score (nSPS) is 11.5. The number of allylic oxidation sites excluding steroid dienone is 4. The Kier molecular flexibility index (Phi) is 5.49. The van der Waals surface area contributed by atoms with Gasteiger partial charge in [0.25, 0.3) is 0 Å². The van der Waals surface area contributed by atoms with E-state index in [1.54, 1.807) is 0 Å². The van der Waals surface area contributed by atoms with Gasteiger partial charge in [0, 0.05) is 0 Å². The minimum absolute atomic E-state index is 1.06. The Bertz CT molecular complexity index is 280. The predicted molar refractivity (Wildman–Crippen MR) is 63.3 cm³/mol. The Balaban J connectivity index is 2.19. The van der Waals surface area contributed by atoms with E-state index in [1.807, 2.05) is 0 Å². The van der Waals surface area contributed by atoms with Gasteiger partial charge in [-0.1, -0.05) is 54.6 Å². The lowest BCUT2D eigenvalue weighted by Crippen LogP contribution is -1.80. The quantitative estimate of drug-likeness (QED) is 0.606. The molecule has 0 aromatic heterocycles. The van der Waals surface area contributed by atoms with Gasteiger partial charge >= 0.3 is 0 Å². The molecule has 0 saturated heterocycles. The lowest BCUT2D eigenvalue weighted by Gasteiger charge is -1.95. The van der Waals surface area contributed by atoms with Crippen molar-refractivity contribution in [1.82, 2.24) is 0 Å². The van der Waals surface area contributed by atoms with Gasteiger partial charge in [-0.25, -0.2) is 0 Å². The van der Waals surface area contributed by atoms with Gasteiger partial charge in [0.2, 0.25) is 0 Å². The molecule has 0 aliphatic rings. The summed E-state index contributed by atoms with van der Waals surface area (Å²) in [5.41, 5.74) is 1.42. The fourth-order valence-corrected chi connectivity index (χ4v) is 1.32. The largest absolute Gasteiger partial charge is 0.0914 e. The van der Waals surface area contributed by atoms with Gasteiger partial charge in [-0.15, -0.1) is 0 Å². The van der Waals surface area contributed by atoms with E-state index < -0.39 is 0 Å². The lowest BCUT2D eigenvalue weighted by molar-refractivity contribution is 0.996. The number of rotatable bonds is 5. The summed E-state index contributed by atoms with van der Waals surface area (Å²) < 4.78 is 0. The van der Waals surface area contributed by atoms with Gasteiger partial charge < -0.3 is 0 Å². The summed E-state index contributed by atoms with van der Waals surface area (Å²) in [6.07, 6.45) is 12.1. The molecule has 0 fully saturated rings. The zero-order valence-electron chi connectivity index (χ0n) is 8.82. The molecule has 0 aliphatic heterocycles. The summed E-state index contributed by atoms with van der Waals surface area (Å²) in [5.74, 6) is 0. The van der Waals surface area contributed by atoms with E-state index in [4.69, 9.17) is 0 Å². The standard InChI is InChI=1S/C14H18/c1-2-3-4-5-6-8-11-14-12-9-7-10-13-14/h2-3,5-7,9-10,12-13H,4,8,11H2,1H3/b3-2-,6-5-. The molecule has 1 rings (SSSR count). The molecule has 0 heteroatoms. The SMILES string of the molecule is C/C=C\C/C=C\CCc1ccccc1.